The van der Waals surface area contributed by atoms with Crippen LogP contribution in [0.15, 0.2) is 48.5 Å². The van der Waals surface area contributed by atoms with Gasteiger partial charge in [-0.15, -0.1) is 0 Å². The molecule has 0 radical (unpaired) electrons. The number of fused-ring (bicyclic) bond motifs is 1. The Balaban J connectivity index is 1.76. The summed E-state index contributed by atoms with van der Waals surface area (Å²) in [5.74, 6) is -0.382. The van der Waals surface area contributed by atoms with Crippen LogP contribution < -0.4 is 4.90 Å². The first-order chi connectivity index (χ1) is 15.0. The van der Waals surface area contributed by atoms with Gasteiger partial charge < -0.3 is 9.88 Å². The Kier molecular flexibility index (Phi) is 5.12. The van der Waals surface area contributed by atoms with E-state index in [1.165, 1.54) is 35.2 Å². The predicted molar refractivity (Wildman–Crippen MR) is 114 cm³/mol. The number of aromatic amines is 1. The Labute approximate surface area is 181 Å². The van der Waals surface area contributed by atoms with Crippen molar-refractivity contribution in [3.8, 4) is 0 Å². The minimum Gasteiger partial charge on any atom is -0.359 e. The third-order valence-electron chi connectivity index (χ3n) is 5.35. The van der Waals surface area contributed by atoms with Crippen molar-refractivity contribution in [3.63, 3.8) is 0 Å². The quantitative estimate of drug-likeness (QED) is 0.323. The number of nitrogens with zero attached hydrogens (tertiary/aromatic N) is 2. The van der Waals surface area contributed by atoms with E-state index in [4.69, 9.17) is 0 Å². The van der Waals surface area contributed by atoms with Crippen LogP contribution in [0.25, 0.3) is 11.6 Å². The molecular formula is C23H18F3N3O3. The van der Waals surface area contributed by atoms with Gasteiger partial charge in [0.25, 0.3) is 11.6 Å². The van der Waals surface area contributed by atoms with E-state index in [1.807, 2.05) is 19.9 Å². The summed E-state index contributed by atoms with van der Waals surface area (Å²) in [7, 11) is 0. The van der Waals surface area contributed by atoms with Gasteiger partial charge in [-0.1, -0.05) is 12.1 Å². The van der Waals surface area contributed by atoms with Crippen LogP contribution in [0, 0.1) is 24.0 Å². The zero-order valence-electron chi connectivity index (χ0n) is 17.2. The molecule has 1 aliphatic rings. The summed E-state index contributed by atoms with van der Waals surface area (Å²) in [5, 5.41) is 11.3. The van der Waals surface area contributed by atoms with E-state index in [1.54, 1.807) is 6.08 Å². The first-order valence-corrected chi connectivity index (χ1v) is 9.69. The Bertz CT molecular complexity index is 1260. The fourth-order valence-corrected chi connectivity index (χ4v) is 3.78. The molecule has 2 heterocycles. The number of aromatic nitrogens is 1. The molecule has 164 valence electrons. The first kappa shape index (κ1) is 21.4. The second kappa shape index (κ2) is 7.67. The molecule has 9 heteroatoms. The molecule has 32 heavy (non-hydrogen) atoms. The van der Waals surface area contributed by atoms with Gasteiger partial charge in [-0.05, 0) is 55.3 Å². The van der Waals surface area contributed by atoms with E-state index in [2.05, 4.69) is 4.98 Å². The Morgan fingerprint density at radius 2 is 1.78 bits per heavy atom. The molecule has 0 unspecified atom stereocenters. The zero-order valence-corrected chi connectivity index (χ0v) is 17.2. The minimum atomic E-state index is -4.45. The summed E-state index contributed by atoms with van der Waals surface area (Å²) in [6, 6.07) is 10.6. The summed E-state index contributed by atoms with van der Waals surface area (Å²) in [5.41, 5.74) is 3.25. The number of H-pyrrole nitrogens is 1. The van der Waals surface area contributed by atoms with Crippen LogP contribution in [0.4, 0.5) is 24.5 Å². The second-order valence-corrected chi connectivity index (χ2v) is 7.65. The lowest BCUT2D eigenvalue weighted by Gasteiger charge is -2.17. The maximum atomic E-state index is 13.3. The summed E-state index contributed by atoms with van der Waals surface area (Å²) in [6.07, 6.45) is -2.80. The van der Waals surface area contributed by atoms with Crippen LogP contribution in [0.5, 0.6) is 0 Å². The van der Waals surface area contributed by atoms with Crippen molar-refractivity contribution in [1.29, 1.82) is 0 Å². The molecule has 1 amide bonds. The van der Waals surface area contributed by atoms with E-state index >= 15 is 0 Å². The van der Waals surface area contributed by atoms with Crippen LogP contribution in [0.2, 0.25) is 0 Å². The molecule has 6 nitrogen and oxygen atoms in total. The number of anilines is 1. The van der Waals surface area contributed by atoms with Crippen molar-refractivity contribution in [2.45, 2.75) is 26.6 Å². The molecule has 0 saturated carbocycles. The van der Waals surface area contributed by atoms with Gasteiger partial charge in [0, 0.05) is 29.1 Å². The number of nitro groups is 1. The fourth-order valence-electron chi connectivity index (χ4n) is 3.78. The minimum absolute atomic E-state index is 0.0296. The molecule has 1 aliphatic heterocycles. The fraction of sp³-hybridized carbons (Fsp3) is 0.174. The molecule has 2 aromatic carbocycles. The summed E-state index contributed by atoms with van der Waals surface area (Å²) < 4.78 is 38.5. The smallest absolute Gasteiger partial charge is 0.359 e. The second-order valence-electron chi connectivity index (χ2n) is 7.65. The number of hydrogen-bond donors (Lipinski definition) is 1. The highest BCUT2D eigenvalue weighted by atomic mass is 19.4. The van der Waals surface area contributed by atoms with Crippen LogP contribution in [-0.2, 0) is 17.5 Å². The van der Waals surface area contributed by atoms with Gasteiger partial charge in [0.2, 0.25) is 0 Å². The number of hydrogen-bond acceptors (Lipinski definition) is 3. The highest BCUT2D eigenvalue weighted by Crippen LogP contribution is 2.41. The van der Waals surface area contributed by atoms with Crippen molar-refractivity contribution < 1.29 is 22.9 Å². The molecule has 1 aromatic heterocycles. The number of nitro benzene ring substituents is 1. The first-order valence-electron chi connectivity index (χ1n) is 9.69. The molecule has 0 saturated heterocycles. The number of amides is 1. The summed E-state index contributed by atoms with van der Waals surface area (Å²) in [6.45, 7) is 3.78. The molecule has 0 aliphatic carbocycles. The molecule has 1 N–H and O–H groups in total. The number of non-ortho nitro benzene ring substituents is 1. The van der Waals surface area contributed by atoms with Crippen molar-refractivity contribution in [2.24, 2.45) is 0 Å². The topological polar surface area (TPSA) is 79.2 Å². The van der Waals surface area contributed by atoms with Crippen molar-refractivity contribution in [1.82, 2.24) is 4.98 Å². The Morgan fingerprint density at radius 3 is 2.34 bits per heavy atom. The molecule has 0 bridgehead atoms. The monoisotopic (exact) mass is 441 g/mol. The number of carbonyl (C=O) groups excluding carboxylic acids is 1. The third kappa shape index (κ3) is 3.89. The highest BCUT2D eigenvalue weighted by molar-refractivity contribution is 6.35. The summed E-state index contributed by atoms with van der Waals surface area (Å²) in [4.78, 5) is 28.6. The van der Waals surface area contributed by atoms with E-state index in [0.29, 0.717) is 22.5 Å². The highest BCUT2D eigenvalue weighted by Gasteiger charge is 2.34. The van der Waals surface area contributed by atoms with E-state index < -0.39 is 16.7 Å². The van der Waals surface area contributed by atoms with Gasteiger partial charge in [0.05, 0.1) is 28.3 Å². The van der Waals surface area contributed by atoms with Crippen molar-refractivity contribution in [2.75, 3.05) is 4.90 Å². The predicted octanol–water partition coefficient (Wildman–Crippen LogP) is 5.65. The summed E-state index contributed by atoms with van der Waals surface area (Å²) >= 11 is 0. The number of rotatable bonds is 4. The SMILES string of the molecule is Cc1cc(C)c(C=C2C(=O)N(Cc3ccc(C(F)(F)F)cc3)c3ccc([N+](=O)[O-])cc32)[nH]1. The number of halogens is 3. The normalized spacial score (nSPS) is 14.8. The van der Waals surface area contributed by atoms with Gasteiger partial charge >= 0.3 is 6.18 Å². The van der Waals surface area contributed by atoms with Gasteiger partial charge in [-0.25, -0.2) is 0 Å². The number of nitrogens with one attached hydrogen (secondary N) is 1. The molecule has 4 rings (SSSR count). The Morgan fingerprint density at radius 1 is 1.09 bits per heavy atom. The molecular weight excluding hydrogens is 423 g/mol. The van der Waals surface area contributed by atoms with E-state index in [0.717, 1.165) is 23.4 Å². The van der Waals surface area contributed by atoms with Gasteiger partial charge in [0.15, 0.2) is 0 Å². The average molecular weight is 441 g/mol. The maximum Gasteiger partial charge on any atom is 0.416 e. The van der Waals surface area contributed by atoms with Crippen molar-refractivity contribution in [3.05, 3.63) is 92.3 Å². The molecule has 0 atom stereocenters. The maximum absolute atomic E-state index is 13.3. The number of benzene rings is 2. The van der Waals surface area contributed by atoms with E-state index in [9.17, 15) is 28.1 Å². The van der Waals surface area contributed by atoms with Crippen molar-refractivity contribution >= 4 is 28.9 Å². The number of alkyl halides is 3. The van der Waals surface area contributed by atoms with Crippen LogP contribution >= 0.6 is 0 Å². The van der Waals surface area contributed by atoms with E-state index in [-0.39, 0.29) is 23.7 Å². The number of aryl methyl sites for hydroxylation is 2. The molecule has 3 aromatic rings. The molecule has 0 spiro atoms. The van der Waals surface area contributed by atoms with Crippen LogP contribution in [0.1, 0.15) is 33.6 Å². The Hall–Kier alpha value is -3.88. The van der Waals surface area contributed by atoms with Gasteiger partial charge in [-0.3, -0.25) is 14.9 Å². The lowest BCUT2D eigenvalue weighted by atomic mass is 10.0. The third-order valence-corrected chi connectivity index (χ3v) is 5.35. The van der Waals surface area contributed by atoms with Crippen LogP contribution in [-0.4, -0.2) is 15.8 Å². The lowest BCUT2D eigenvalue weighted by molar-refractivity contribution is -0.384. The molecule has 0 fully saturated rings. The standard InChI is InChI=1S/C23H18F3N3O3/c1-13-9-14(2)27-20(13)11-19-18-10-17(29(31)32)7-8-21(18)28(22(19)30)12-15-3-5-16(6-4-15)23(24,25)26/h3-11,27H,12H2,1-2H3. The largest absolute Gasteiger partial charge is 0.416 e. The number of carbonyl (C=O) groups is 1. The lowest BCUT2D eigenvalue weighted by Crippen LogP contribution is -2.25. The average Bonchev–Trinajstić information content (AvgIpc) is 3.18. The van der Waals surface area contributed by atoms with Gasteiger partial charge in [0.1, 0.15) is 0 Å². The van der Waals surface area contributed by atoms with Gasteiger partial charge in [-0.2, -0.15) is 13.2 Å². The van der Waals surface area contributed by atoms with Crippen LogP contribution in [0.3, 0.4) is 0 Å². The zero-order chi connectivity index (χ0) is 23.2.